The molecule has 2 heterocycles. The van der Waals surface area contributed by atoms with E-state index in [0.29, 0.717) is 31.4 Å². The molecule has 2 aromatic rings. The molecule has 0 aromatic heterocycles. The van der Waals surface area contributed by atoms with Crippen LogP contribution in [-0.4, -0.2) is 107 Å². The summed E-state index contributed by atoms with van der Waals surface area (Å²) in [5, 5.41) is 0. The van der Waals surface area contributed by atoms with Gasteiger partial charge in [-0.3, -0.25) is 0 Å². The number of nitrogens with two attached hydrogens (primary N) is 1. The molecule has 2 fully saturated rings. The van der Waals surface area contributed by atoms with Crippen molar-refractivity contribution in [2.75, 3.05) is 45.1 Å². The summed E-state index contributed by atoms with van der Waals surface area (Å²) in [6.07, 6.45) is 2.44. The van der Waals surface area contributed by atoms with Crippen LogP contribution in [0.4, 0.5) is 0 Å². The summed E-state index contributed by atoms with van der Waals surface area (Å²) in [6, 6.07) is 15.2. The molecule has 4 rings (SSSR count). The van der Waals surface area contributed by atoms with E-state index in [1.165, 1.54) is 0 Å². The van der Waals surface area contributed by atoms with Crippen LogP contribution < -0.4 is 30.9 Å². The quantitative estimate of drug-likeness (QED) is 0.229. The Morgan fingerprint density at radius 1 is 0.627 bits per heavy atom. The summed E-state index contributed by atoms with van der Waals surface area (Å²) in [4.78, 5) is 0. The number of nitrogens with one attached hydrogen (secondary N) is 1. The first-order valence-corrected chi connectivity index (χ1v) is 21.5. The summed E-state index contributed by atoms with van der Waals surface area (Å²) < 4.78 is 103. The highest BCUT2D eigenvalue weighted by molar-refractivity contribution is 7.99. The molecular formula is C31H52B2N2O13S3. The van der Waals surface area contributed by atoms with Crippen molar-refractivity contribution in [3.05, 3.63) is 48.5 Å². The van der Waals surface area contributed by atoms with Crippen LogP contribution in [0, 0.1) is 0 Å². The normalized spacial score (nSPS) is 19.0. The zero-order valence-electron chi connectivity index (χ0n) is 31.2. The molecule has 2 saturated heterocycles. The van der Waals surface area contributed by atoms with Crippen LogP contribution >= 0.6 is 0 Å². The maximum atomic E-state index is 11.0. The van der Waals surface area contributed by atoms with E-state index in [9.17, 15) is 25.3 Å². The van der Waals surface area contributed by atoms with E-state index in [4.69, 9.17) is 33.8 Å². The Bertz CT molecular complexity index is 1720. The van der Waals surface area contributed by atoms with E-state index in [2.05, 4.69) is 8.35 Å². The molecule has 0 radical (unpaired) electrons. The molecule has 0 aliphatic carbocycles. The van der Waals surface area contributed by atoms with Gasteiger partial charge in [-0.25, -0.2) is 13.1 Å². The lowest BCUT2D eigenvalue weighted by Gasteiger charge is -2.32. The van der Waals surface area contributed by atoms with Crippen LogP contribution in [-0.2, 0) is 52.5 Å². The van der Waals surface area contributed by atoms with Gasteiger partial charge in [0.15, 0.2) is 0 Å². The van der Waals surface area contributed by atoms with Crippen LogP contribution in [0.5, 0.6) is 11.5 Å². The lowest BCUT2D eigenvalue weighted by molar-refractivity contribution is 0.00578. The minimum atomic E-state index is -3.87. The predicted molar refractivity (Wildman–Crippen MR) is 198 cm³/mol. The molecular weight excluding hydrogens is 726 g/mol. The molecule has 2 aromatic carbocycles. The number of benzene rings is 2. The maximum absolute atomic E-state index is 11.0. The highest BCUT2D eigenvalue weighted by Crippen LogP contribution is 2.37. The second kappa shape index (κ2) is 17.3. The lowest BCUT2D eigenvalue weighted by Crippen LogP contribution is -2.41. The summed E-state index contributed by atoms with van der Waals surface area (Å²) in [5.41, 5.74) is 5.83. The molecule has 288 valence electrons. The molecule has 0 saturated carbocycles. The van der Waals surface area contributed by atoms with Crippen molar-refractivity contribution in [2.24, 2.45) is 5.73 Å². The molecule has 0 bridgehead atoms. The van der Waals surface area contributed by atoms with Gasteiger partial charge in [0.2, 0.25) is 10.0 Å². The summed E-state index contributed by atoms with van der Waals surface area (Å²) >= 11 is 0. The van der Waals surface area contributed by atoms with Crippen LogP contribution in [0.15, 0.2) is 48.5 Å². The van der Waals surface area contributed by atoms with Gasteiger partial charge < -0.3 is 33.8 Å². The standard InChI is InChI=1S/C15H24BNO5S.C14H22BNO3.C2H6O5S2/c1-14(2)15(3,4)22-16(21-14)12-7-6-8-13(11-12)20-10-9-17-23(5,18)19;1-13(2)14(3,4)19-15(18-13)11-6-5-7-12(10-11)17-9-8-16;1-8(3,4)7-9(2,5)6/h6-8,11,17H,9-10H2,1-5H3;5-7,10H,8-9,16H2,1-4H3;1-2H3. The summed E-state index contributed by atoms with van der Waals surface area (Å²) in [6.45, 7) is 17.7. The van der Waals surface area contributed by atoms with Gasteiger partial charge in [-0.15, -0.1) is 3.63 Å². The van der Waals surface area contributed by atoms with Gasteiger partial charge in [-0.05, 0) is 90.6 Å². The molecule has 2 aliphatic rings. The molecule has 51 heavy (non-hydrogen) atoms. The van der Waals surface area contributed by atoms with Crippen molar-refractivity contribution in [3.63, 3.8) is 0 Å². The third-order valence-corrected chi connectivity index (χ3v) is 10.8. The monoisotopic (exact) mass is 778 g/mol. The van der Waals surface area contributed by atoms with E-state index in [1.54, 1.807) is 0 Å². The number of hydrogen-bond acceptors (Lipinski definition) is 14. The van der Waals surface area contributed by atoms with E-state index >= 15 is 0 Å². The third kappa shape index (κ3) is 14.9. The van der Waals surface area contributed by atoms with E-state index < -0.39 is 48.6 Å². The van der Waals surface area contributed by atoms with Crippen molar-refractivity contribution >= 4 is 55.4 Å². The van der Waals surface area contributed by atoms with E-state index in [0.717, 1.165) is 22.9 Å². The zero-order chi connectivity index (χ0) is 39.1. The maximum Gasteiger partial charge on any atom is 0.494 e. The molecule has 15 nitrogen and oxygen atoms in total. The molecule has 0 amide bonds. The second-order valence-electron chi connectivity index (χ2n) is 13.9. The number of sulfonamides is 1. The van der Waals surface area contributed by atoms with Gasteiger partial charge in [0, 0.05) is 13.1 Å². The molecule has 0 unspecified atom stereocenters. The highest BCUT2D eigenvalue weighted by Gasteiger charge is 2.52. The van der Waals surface area contributed by atoms with E-state index in [-0.39, 0.29) is 31.5 Å². The number of rotatable bonds is 12. The zero-order valence-corrected chi connectivity index (χ0v) is 33.7. The first-order valence-electron chi connectivity index (χ1n) is 16.0. The molecule has 3 N–H and O–H groups in total. The molecule has 20 heteroatoms. The highest BCUT2D eigenvalue weighted by atomic mass is 32.3. The minimum absolute atomic E-state index is 0.222. The predicted octanol–water partition coefficient (Wildman–Crippen LogP) is 1.16. The number of hydrogen-bond donors (Lipinski definition) is 2. The van der Waals surface area contributed by atoms with E-state index in [1.807, 2.05) is 104 Å². The van der Waals surface area contributed by atoms with Crippen LogP contribution in [0.25, 0.3) is 0 Å². The van der Waals surface area contributed by atoms with Crippen LogP contribution in [0.1, 0.15) is 55.4 Å². The Balaban J connectivity index is 0.000000290. The fourth-order valence-corrected chi connectivity index (χ4v) is 6.51. The van der Waals surface area contributed by atoms with Crippen molar-refractivity contribution in [1.82, 2.24) is 4.72 Å². The first-order chi connectivity index (χ1) is 23.1. The Morgan fingerprint density at radius 3 is 1.27 bits per heavy atom. The first kappa shape index (κ1) is 44.9. The van der Waals surface area contributed by atoms with Gasteiger partial charge in [0.25, 0.3) is 20.2 Å². The van der Waals surface area contributed by atoms with Gasteiger partial charge >= 0.3 is 14.2 Å². The lowest BCUT2D eigenvalue weighted by atomic mass is 9.79. The Labute approximate surface area is 304 Å². The third-order valence-electron chi connectivity index (χ3n) is 8.14. The Hall–Kier alpha value is -2.26. The van der Waals surface area contributed by atoms with Gasteiger partial charge in [-0.1, -0.05) is 24.3 Å². The minimum Gasteiger partial charge on any atom is -0.492 e. The van der Waals surface area contributed by atoms with Gasteiger partial charge in [0.1, 0.15) is 24.7 Å². The summed E-state index contributed by atoms with van der Waals surface area (Å²) in [7, 11) is -11.7. The SMILES string of the molecule is CC1(C)OB(c2cccc(OCCN)c2)OC1(C)C.CC1(C)OB(c2cccc(OCCNS(C)(=O)=O)c2)OC1(C)C.CS(=O)(=O)OS(C)(=O)=O. The largest absolute Gasteiger partial charge is 0.494 e. The van der Waals surface area contributed by atoms with Gasteiger partial charge in [0.05, 0.1) is 41.2 Å². The average Bonchev–Trinajstić information content (AvgIpc) is 3.32. The summed E-state index contributed by atoms with van der Waals surface area (Å²) in [5.74, 6) is 1.44. The molecule has 2 aliphatic heterocycles. The van der Waals surface area contributed by atoms with Crippen LogP contribution in [0.2, 0.25) is 0 Å². The Morgan fingerprint density at radius 2 is 0.980 bits per heavy atom. The number of ether oxygens (including phenoxy) is 2. The fourth-order valence-electron chi connectivity index (χ4n) is 4.26. The molecule has 0 spiro atoms. The van der Waals surface area contributed by atoms with Gasteiger partial charge in [-0.2, -0.15) is 16.8 Å². The fraction of sp³-hybridized carbons (Fsp3) is 0.613. The Kier molecular flexibility index (Phi) is 15.2. The van der Waals surface area contributed by atoms with Crippen molar-refractivity contribution in [3.8, 4) is 11.5 Å². The average molecular weight is 779 g/mol. The smallest absolute Gasteiger partial charge is 0.492 e. The second-order valence-corrected chi connectivity index (χ2v) is 19.1. The van der Waals surface area contributed by atoms with Crippen molar-refractivity contribution in [1.29, 1.82) is 0 Å². The van der Waals surface area contributed by atoms with Crippen LogP contribution in [0.3, 0.4) is 0 Å². The van der Waals surface area contributed by atoms with Crippen molar-refractivity contribution < 1.29 is 57.0 Å². The topological polar surface area (TPSA) is 205 Å². The molecule has 0 atom stereocenters. The van der Waals surface area contributed by atoms with Crippen molar-refractivity contribution in [2.45, 2.75) is 77.8 Å².